The zero-order valence-electron chi connectivity index (χ0n) is 43.4. The molecular weight excluding hydrogens is 1160 g/mol. The molecule has 0 bridgehead atoms. The average Bonchev–Trinajstić information content (AvgIpc) is 4.05. The maximum atomic E-state index is 16.4. The van der Waals surface area contributed by atoms with Crippen LogP contribution in [0.5, 0.6) is 11.5 Å². The summed E-state index contributed by atoms with van der Waals surface area (Å²) in [5, 5.41) is 1.97. The number of nitrogens with zero attached hydrogens (tertiary/aromatic N) is 4. The van der Waals surface area contributed by atoms with Gasteiger partial charge < -0.3 is 19.1 Å². The van der Waals surface area contributed by atoms with Crippen molar-refractivity contribution in [2.75, 3.05) is 9.80 Å². The third-order valence-corrected chi connectivity index (χ3v) is 14.0. The summed E-state index contributed by atoms with van der Waals surface area (Å²) in [4.78, 5) is 8.24. The Bertz CT molecular complexity index is 3820. The Morgan fingerprint density at radius 3 is 1.73 bits per heavy atom. The van der Waals surface area contributed by atoms with Crippen molar-refractivity contribution in [1.82, 2.24) is 9.55 Å². The molecule has 5 nitrogen and oxygen atoms in total. The van der Waals surface area contributed by atoms with Crippen LogP contribution in [-0.4, -0.2) is 9.55 Å². The quantitative estimate of drug-likeness (QED) is 0.107. The number of pyridine rings is 1. The Labute approximate surface area is 458 Å². The number of fused-ring (bicyclic) bond motifs is 4. The summed E-state index contributed by atoms with van der Waals surface area (Å²) in [6.45, 7) is 17.9. The molecule has 2 aromatic heterocycles. The molecule has 77 heavy (non-hydrogen) atoms. The summed E-state index contributed by atoms with van der Waals surface area (Å²) in [5.74, 6) is -5.68. The fourth-order valence-electron chi connectivity index (χ4n) is 10.2. The maximum Gasteiger partial charge on any atom is 0.136 e. The van der Waals surface area contributed by atoms with Crippen LogP contribution in [0.1, 0.15) is 78.0 Å². The van der Waals surface area contributed by atoms with E-state index in [-0.39, 0.29) is 49.2 Å². The Kier molecular flexibility index (Phi) is 13.8. The summed E-state index contributed by atoms with van der Waals surface area (Å²) < 4.78 is 104. The number of hydrogen-bond acceptors (Lipinski definition) is 4. The van der Waals surface area contributed by atoms with Crippen LogP contribution in [-0.2, 0) is 31.9 Å². The second-order valence-corrected chi connectivity index (χ2v) is 21.6. The van der Waals surface area contributed by atoms with Crippen molar-refractivity contribution in [2.45, 2.75) is 72.1 Å². The zero-order valence-corrected chi connectivity index (χ0v) is 45.6. The largest absolute Gasteiger partial charge is 0.509 e. The molecule has 10 aromatic rings. The van der Waals surface area contributed by atoms with Crippen LogP contribution in [0, 0.1) is 53.7 Å². The van der Waals surface area contributed by atoms with E-state index in [1.165, 1.54) is 0 Å². The van der Waals surface area contributed by atoms with Gasteiger partial charge in [-0.2, -0.15) is 6.07 Å². The first-order valence-corrected chi connectivity index (χ1v) is 25.0. The number of para-hydroxylation sites is 3. The molecule has 0 saturated carbocycles. The molecule has 12 heteroatoms. The fourth-order valence-corrected chi connectivity index (χ4v) is 10.2. The van der Waals surface area contributed by atoms with E-state index in [1.54, 1.807) is 35.8 Å². The Hall–Kier alpha value is -7.62. The van der Waals surface area contributed by atoms with E-state index in [2.05, 4.69) is 75.6 Å². The number of halogens is 6. The van der Waals surface area contributed by atoms with Gasteiger partial charge in [0.15, 0.2) is 0 Å². The van der Waals surface area contributed by atoms with Gasteiger partial charge in [-0.05, 0) is 86.9 Å². The fraction of sp³-hybridized carbons (Fsp3) is 0.169. The summed E-state index contributed by atoms with van der Waals surface area (Å²) in [7, 11) is 0. The summed E-state index contributed by atoms with van der Waals surface area (Å²) in [6, 6.07) is 47.6. The van der Waals surface area contributed by atoms with Gasteiger partial charge in [-0.15, -0.1) is 53.6 Å². The van der Waals surface area contributed by atoms with Crippen molar-refractivity contribution in [2.24, 2.45) is 0 Å². The predicted octanol–water partition coefficient (Wildman–Crippen LogP) is 18.5. The number of anilines is 4. The van der Waals surface area contributed by atoms with Crippen molar-refractivity contribution in [1.29, 1.82) is 0 Å². The first kappa shape index (κ1) is 52.8. The minimum Gasteiger partial charge on any atom is -0.509 e. The molecule has 0 aliphatic carbocycles. The molecule has 0 spiro atoms. The van der Waals surface area contributed by atoms with E-state index in [0.29, 0.717) is 58.4 Å². The number of ether oxygens (including phenoxy) is 1. The Morgan fingerprint density at radius 2 is 1.12 bits per heavy atom. The van der Waals surface area contributed by atoms with Crippen molar-refractivity contribution in [3.8, 4) is 50.7 Å². The SMILES string of the molecule is CC(C)c1ccccc1-c1cc(Oc2[c-]c3c(cc2)c2ccccc2n3-c2cc(C(C)(C)C)ccn2)[c-]c(N2[CH-]N(c3c(-c4c(F)cc(F)cc4F)cc(C(C)(C)C)cc3-c3c(F)cc(F)cc3F)c3ccccc32)c1.[Pt]. The molecule has 0 fully saturated rings. The molecular formula is C65H51F6N4OPt-3. The first-order valence-electron chi connectivity index (χ1n) is 25.0. The third-order valence-electron chi connectivity index (χ3n) is 14.0. The van der Waals surface area contributed by atoms with E-state index in [1.807, 2.05) is 105 Å². The summed E-state index contributed by atoms with van der Waals surface area (Å²) in [6.07, 6.45) is 1.82. The van der Waals surface area contributed by atoms with Crippen molar-refractivity contribution in [3.63, 3.8) is 0 Å². The summed E-state index contributed by atoms with van der Waals surface area (Å²) in [5.41, 5.74) is 5.02. The molecule has 3 heterocycles. The third kappa shape index (κ3) is 9.68. The normalized spacial score (nSPS) is 12.7. The first-order chi connectivity index (χ1) is 36.2. The van der Waals surface area contributed by atoms with Gasteiger partial charge in [-0.25, -0.2) is 31.3 Å². The minimum atomic E-state index is -1.24. The second-order valence-electron chi connectivity index (χ2n) is 21.6. The molecule has 0 radical (unpaired) electrons. The van der Waals surface area contributed by atoms with Crippen molar-refractivity contribution in [3.05, 3.63) is 222 Å². The van der Waals surface area contributed by atoms with Gasteiger partial charge in [-0.3, -0.25) is 0 Å². The van der Waals surface area contributed by atoms with Crippen LogP contribution in [0.2, 0.25) is 0 Å². The summed E-state index contributed by atoms with van der Waals surface area (Å²) >= 11 is 0. The molecule has 11 rings (SSSR count). The second kappa shape index (κ2) is 20.1. The van der Waals surface area contributed by atoms with Crippen LogP contribution >= 0.6 is 0 Å². The van der Waals surface area contributed by atoms with Gasteiger partial charge in [0, 0.05) is 96.7 Å². The standard InChI is InChI=1S/C65H51F6N4O.Pt/c1-37(2)46-15-9-10-16-47(46)38-25-43(34-45(26-38)76-44-21-22-49-48-17-11-12-18-56(48)75(59(49)35-44)60-29-39(23-24-72-60)64(3,4)5)73-36-74(58-20-14-13-19-57(58)73)63-50(61-52(68)30-41(66)31-53(61)69)27-40(65(6,7)8)28-51(63)62-54(70)32-42(67)33-55(62)71;/h9-33,36-37H,1-8H3;/q-3;. The van der Waals surface area contributed by atoms with Gasteiger partial charge in [0.25, 0.3) is 0 Å². The monoisotopic (exact) mass is 1210 g/mol. The Balaban J connectivity index is 0.00000672. The molecule has 392 valence electrons. The van der Waals surface area contributed by atoms with E-state index in [4.69, 9.17) is 9.72 Å². The topological polar surface area (TPSA) is 33.5 Å². The van der Waals surface area contributed by atoms with E-state index < -0.39 is 51.4 Å². The van der Waals surface area contributed by atoms with Crippen molar-refractivity contribution >= 4 is 44.6 Å². The maximum absolute atomic E-state index is 16.4. The van der Waals surface area contributed by atoms with Crippen LogP contribution in [0.15, 0.2) is 152 Å². The molecule has 1 aliphatic rings. The van der Waals surface area contributed by atoms with Crippen LogP contribution in [0.25, 0.3) is 61.0 Å². The van der Waals surface area contributed by atoms with Crippen molar-refractivity contribution < 1.29 is 52.1 Å². The number of rotatable bonds is 9. The minimum absolute atomic E-state index is 0. The smallest absolute Gasteiger partial charge is 0.136 e. The van der Waals surface area contributed by atoms with Gasteiger partial charge >= 0.3 is 0 Å². The average molecular weight is 1210 g/mol. The van der Waals surface area contributed by atoms with E-state index in [9.17, 15) is 8.78 Å². The molecule has 0 amide bonds. The molecule has 0 N–H and O–H groups in total. The van der Waals surface area contributed by atoms with Crippen LogP contribution in [0.4, 0.5) is 49.1 Å². The molecule has 1 aliphatic heterocycles. The van der Waals surface area contributed by atoms with E-state index in [0.717, 1.165) is 49.9 Å². The van der Waals surface area contributed by atoms with Gasteiger partial charge in [0.05, 0.1) is 11.1 Å². The van der Waals surface area contributed by atoms with Crippen LogP contribution in [0.3, 0.4) is 0 Å². The molecule has 0 atom stereocenters. The number of aromatic nitrogens is 2. The number of hydrogen-bond donors (Lipinski definition) is 0. The molecule has 8 aromatic carbocycles. The van der Waals surface area contributed by atoms with Gasteiger partial charge in [-0.1, -0.05) is 116 Å². The number of benzene rings is 8. The van der Waals surface area contributed by atoms with Gasteiger partial charge in [0.2, 0.25) is 0 Å². The van der Waals surface area contributed by atoms with Gasteiger partial charge in [0.1, 0.15) is 40.7 Å². The van der Waals surface area contributed by atoms with E-state index >= 15 is 17.6 Å². The zero-order chi connectivity index (χ0) is 53.5. The molecule has 0 unspecified atom stereocenters. The predicted molar refractivity (Wildman–Crippen MR) is 292 cm³/mol. The van der Waals surface area contributed by atoms with Crippen LogP contribution < -0.4 is 14.5 Å². The molecule has 0 saturated heterocycles. The Morgan fingerprint density at radius 1 is 0.545 bits per heavy atom.